The molecule has 1 aliphatic rings. The fraction of sp³-hybridized carbons (Fsp3) is 0.571. The molecule has 0 radical (unpaired) electrons. The van der Waals surface area contributed by atoms with Gasteiger partial charge in [0, 0.05) is 11.6 Å². The lowest BCUT2D eigenvalue weighted by Crippen LogP contribution is -2.39. The number of halogens is 2. The molecule has 17 heavy (non-hydrogen) atoms. The third-order valence-corrected chi connectivity index (χ3v) is 3.64. The van der Waals surface area contributed by atoms with E-state index in [4.69, 9.17) is 0 Å². The van der Waals surface area contributed by atoms with E-state index < -0.39 is 5.92 Å². The second-order valence-electron chi connectivity index (χ2n) is 4.97. The van der Waals surface area contributed by atoms with E-state index in [1.54, 1.807) is 18.2 Å². The SMILES string of the molecule is CC1CCCC1NCC(F)(F)c1ccccc1. The maximum atomic E-state index is 13.9. The summed E-state index contributed by atoms with van der Waals surface area (Å²) in [7, 11) is 0. The number of hydrogen-bond acceptors (Lipinski definition) is 1. The summed E-state index contributed by atoms with van der Waals surface area (Å²) >= 11 is 0. The van der Waals surface area contributed by atoms with Gasteiger partial charge in [-0.15, -0.1) is 0 Å². The predicted molar refractivity (Wildman–Crippen MR) is 65.1 cm³/mol. The van der Waals surface area contributed by atoms with Crippen molar-refractivity contribution in [1.82, 2.24) is 5.32 Å². The molecule has 1 aromatic carbocycles. The first-order valence-electron chi connectivity index (χ1n) is 6.26. The molecule has 2 unspecified atom stereocenters. The maximum absolute atomic E-state index is 13.9. The van der Waals surface area contributed by atoms with Crippen LogP contribution in [0.3, 0.4) is 0 Å². The molecule has 0 amide bonds. The number of benzene rings is 1. The minimum Gasteiger partial charge on any atom is -0.308 e. The number of rotatable bonds is 4. The highest BCUT2D eigenvalue weighted by atomic mass is 19.3. The zero-order valence-corrected chi connectivity index (χ0v) is 10.1. The van der Waals surface area contributed by atoms with Gasteiger partial charge in [0.2, 0.25) is 0 Å². The molecule has 94 valence electrons. The summed E-state index contributed by atoms with van der Waals surface area (Å²) in [5, 5.41) is 3.02. The van der Waals surface area contributed by atoms with E-state index in [1.165, 1.54) is 12.1 Å². The lowest BCUT2D eigenvalue weighted by atomic mass is 10.0. The van der Waals surface area contributed by atoms with Gasteiger partial charge in [0.25, 0.3) is 5.92 Å². The molecule has 1 aromatic rings. The highest BCUT2D eigenvalue weighted by Gasteiger charge is 2.33. The first-order chi connectivity index (χ1) is 8.09. The summed E-state index contributed by atoms with van der Waals surface area (Å²) in [6, 6.07) is 8.29. The molecule has 1 saturated carbocycles. The quantitative estimate of drug-likeness (QED) is 0.847. The zero-order chi connectivity index (χ0) is 12.3. The smallest absolute Gasteiger partial charge is 0.285 e. The van der Waals surface area contributed by atoms with E-state index in [1.807, 2.05) is 0 Å². The highest BCUT2D eigenvalue weighted by Crippen LogP contribution is 2.29. The van der Waals surface area contributed by atoms with Crippen LogP contribution < -0.4 is 5.32 Å². The monoisotopic (exact) mass is 239 g/mol. The predicted octanol–water partition coefficient (Wildman–Crippen LogP) is 3.56. The molecule has 0 saturated heterocycles. The highest BCUT2D eigenvalue weighted by molar-refractivity contribution is 5.20. The molecular weight excluding hydrogens is 220 g/mol. The standard InChI is InChI=1S/C14H19F2N/c1-11-6-5-9-13(11)17-10-14(15,16)12-7-3-2-4-8-12/h2-4,7-8,11,13,17H,5-6,9-10H2,1H3. The van der Waals surface area contributed by atoms with E-state index in [0.717, 1.165) is 19.3 Å². The Morgan fingerprint density at radius 1 is 1.24 bits per heavy atom. The fourth-order valence-corrected chi connectivity index (χ4v) is 2.49. The molecule has 1 aliphatic carbocycles. The molecule has 0 spiro atoms. The Morgan fingerprint density at radius 3 is 2.53 bits per heavy atom. The van der Waals surface area contributed by atoms with Gasteiger partial charge in [0.15, 0.2) is 0 Å². The molecule has 0 bridgehead atoms. The van der Waals surface area contributed by atoms with E-state index >= 15 is 0 Å². The normalized spacial score (nSPS) is 25.1. The Hall–Kier alpha value is -0.960. The van der Waals surface area contributed by atoms with Gasteiger partial charge in [-0.25, -0.2) is 0 Å². The first-order valence-corrected chi connectivity index (χ1v) is 6.26. The summed E-state index contributed by atoms with van der Waals surface area (Å²) in [6.45, 7) is 1.87. The third kappa shape index (κ3) is 3.03. The van der Waals surface area contributed by atoms with Crippen molar-refractivity contribution >= 4 is 0 Å². The Labute approximate surface area is 101 Å². The summed E-state index contributed by atoms with van der Waals surface area (Å²) in [6.07, 6.45) is 3.32. The molecule has 3 heteroatoms. The van der Waals surface area contributed by atoms with Crippen molar-refractivity contribution in [3.8, 4) is 0 Å². The van der Waals surface area contributed by atoms with E-state index in [2.05, 4.69) is 12.2 Å². The average Bonchev–Trinajstić information content (AvgIpc) is 2.74. The van der Waals surface area contributed by atoms with Gasteiger partial charge >= 0.3 is 0 Å². The molecule has 1 nitrogen and oxygen atoms in total. The largest absolute Gasteiger partial charge is 0.308 e. The lowest BCUT2D eigenvalue weighted by Gasteiger charge is -2.22. The topological polar surface area (TPSA) is 12.0 Å². The van der Waals surface area contributed by atoms with Crippen molar-refractivity contribution in [2.75, 3.05) is 6.54 Å². The van der Waals surface area contributed by atoms with Crippen LogP contribution in [0, 0.1) is 5.92 Å². The van der Waals surface area contributed by atoms with Crippen molar-refractivity contribution in [2.45, 2.75) is 38.2 Å². The van der Waals surface area contributed by atoms with Gasteiger partial charge in [-0.2, -0.15) is 8.78 Å². The minimum atomic E-state index is -2.77. The van der Waals surface area contributed by atoms with Crippen LogP contribution in [0.25, 0.3) is 0 Å². The summed E-state index contributed by atoms with van der Waals surface area (Å²) in [4.78, 5) is 0. The Balaban J connectivity index is 1.93. The van der Waals surface area contributed by atoms with Crippen molar-refractivity contribution in [3.63, 3.8) is 0 Å². The van der Waals surface area contributed by atoms with Crippen molar-refractivity contribution in [3.05, 3.63) is 35.9 Å². The van der Waals surface area contributed by atoms with Crippen molar-refractivity contribution in [1.29, 1.82) is 0 Å². The van der Waals surface area contributed by atoms with Crippen molar-refractivity contribution < 1.29 is 8.78 Å². The average molecular weight is 239 g/mol. The second kappa shape index (κ2) is 5.13. The van der Waals surface area contributed by atoms with E-state index in [9.17, 15) is 8.78 Å². The molecule has 0 heterocycles. The number of alkyl halides is 2. The molecule has 1 fully saturated rings. The van der Waals surface area contributed by atoms with Gasteiger partial charge in [-0.3, -0.25) is 0 Å². The lowest BCUT2D eigenvalue weighted by molar-refractivity contribution is -0.00659. The van der Waals surface area contributed by atoms with Crippen LogP contribution >= 0.6 is 0 Å². The van der Waals surface area contributed by atoms with Crippen molar-refractivity contribution in [2.24, 2.45) is 5.92 Å². The van der Waals surface area contributed by atoms with E-state index in [-0.39, 0.29) is 18.2 Å². The molecule has 0 aliphatic heterocycles. The van der Waals surface area contributed by atoms with Crippen LogP contribution in [-0.2, 0) is 5.92 Å². The fourth-order valence-electron chi connectivity index (χ4n) is 2.49. The first kappa shape index (κ1) is 12.5. The maximum Gasteiger partial charge on any atom is 0.285 e. The van der Waals surface area contributed by atoms with Crippen LogP contribution in [0.15, 0.2) is 30.3 Å². The van der Waals surface area contributed by atoms with Crippen LogP contribution in [0.2, 0.25) is 0 Å². The minimum absolute atomic E-state index is 0.0955. The van der Waals surface area contributed by atoms with Gasteiger partial charge in [-0.1, -0.05) is 43.7 Å². The van der Waals surface area contributed by atoms with Gasteiger partial charge in [-0.05, 0) is 18.8 Å². The molecule has 2 rings (SSSR count). The van der Waals surface area contributed by atoms with Gasteiger partial charge in [0.1, 0.15) is 0 Å². The van der Waals surface area contributed by atoms with Gasteiger partial charge < -0.3 is 5.32 Å². The summed E-state index contributed by atoms with van der Waals surface area (Å²) < 4.78 is 27.7. The Morgan fingerprint density at radius 2 is 1.94 bits per heavy atom. The van der Waals surface area contributed by atoms with Crippen LogP contribution in [0.5, 0.6) is 0 Å². The zero-order valence-electron chi connectivity index (χ0n) is 10.1. The van der Waals surface area contributed by atoms with Crippen LogP contribution in [-0.4, -0.2) is 12.6 Å². The van der Waals surface area contributed by atoms with E-state index in [0.29, 0.717) is 5.92 Å². The molecule has 0 aromatic heterocycles. The summed E-state index contributed by atoms with van der Waals surface area (Å²) in [5.41, 5.74) is 0.0955. The summed E-state index contributed by atoms with van der Waals surface area (Å²) in [5.74, 6) is -2.26. The molecular formula is C14H19F2N. The van der Waals surface area contributed by atoms with Crippen LogP contribution in [0.4, 0.5) is 8.78 Å². The number of hydrogen-bond donors (Lipinski definition) is 1. The molecule has 2 atom stereocenters. The Kier molecular flexibility index (Phi) is 3.77. The van der Waals surface area contributed by atoms with Gasteiger partial charge in [0.05, 0.1) is 6.54 Å². The second-order valence-corrected chi connectivity index (χ2v) is 4.97. The Bertz CT molecular complexity index is 350. The van der Waals surface area contributed by atoms with Crippen LogP contribution in [0.1, 0.15) is 31.7 Å². The molecule has 1 N–H and O–H groups in total. The number of nitrogens with one attached hydrogen (secondary N) is 1. The third-order valence-electron chi connectivity index (χ3n) is 3.64.